The van der Waals surface area contributed by atoms with Crippen molar-refractivity contribution in [1.82, 2.24) is 4.90 Å². The van der Waals surface area contributed by atoms with Crippen molar-refractivity contribution in [2.24, 2.45) is 5.73 Å². The van der Waals surface area contributed by atoms with E-state index in [0.29, 0.717) is 5.11 Å². The van der Waals surface area contributed by atoms with E-state index in [1.54, 1.807) is 0 Å². The van der Waals surface area contributed by atoms with E-state index in [-0.39, 0.29) is 11.9 Å². The van der Waals surface area contributed by atoms with E-state index < -0.39 is 0 Å². The number of primary amides is 1. The molecule has 0 saturated carbocycles. The van der Waals surface area contributed by atoms with Crippen LogP contribution in [0.2, 0.25) is 0 Å². The fourth-order valence-electron chi connectivity index (χ4n) is 2.39. The minimum absolute atomic E-state index is 0.279. The van der Waals surface area contributed by atoms with Gasteiger partial charge in [0.25, 0.3) is 0 Å². The summed E-state index contributed by atoms with van der Waals surface area (Å²) in [7, 11) is 0. The number of carbonyl (C=O) groups excluding carboxylic acids is 1. The molecule has 5 heteroatoms. The highest BCUT2D eigenvalue weighted by Crippen LogP contribution is 2.19. The molecular formula is C14H19N3OS. The molecule has 1 amide bonds. The van der Waals surface area contributed by atoms with Gasteiger partial charge in [0.15, 0.2) is 5.11 Å². The smallest absolute Gasteiger partial charge is 0.240 e. The lowest BCUT2D eigenvalue weighted by Gasteiger charge is -2.35. The highest BCUT2D eigenvalue weighted by molar-refractivity contribution is 7.80. The maximum absolute atomic E-state index is 11.5. The van der Waals surface area contributed by atoms with Gasteiger partial charge in [-0.05, 0) is 56.1 Å². The lowest BCUT2D eigenvalue weighted by molar-refractivity contribution is -0.122. The molecule has 1 aliphatic rings. The quantitative estimate of drug-likeness (QED) is 0.812. The molecule has 1 aromatic carbocycles. The van der Waals surface area contributed by atoms with Crippen molar-refractivity contribution in [2.45, 2.75) is 32.2 Å². The Balaban J connectivity index is 2.07. The van der Waals surface area contributed by atoms with E-state index >= 15 is 0 Å². The summed E-state index contributed by atoms with van der Waals surface area (Å²) < 4.78 is 0. The molecule has 19 heavy (non-hydrogen) atoms. The molecule has 0 radical (unpaired) electrons. The summed E-state index contributed by atoms with van der Waals surface area (Å²) in [6.07, 6.45) is 2.85. The van der Waals surface area contributed by atoms with Crippen molar-refractivity contribution < 1.29 is 4.79 Å². The molecule has 0 aliphatic carbocycles. The molecule has 2 rings (SSSR count). The lowest BCUT2D eigenvalue weighted by Crippen LogP contribution is -2.51. The Morgan fingerprint density at radius 3 is 2.95 bits per heavy atom. The van der Waals surface area contributed by atoms with E-state index in [1.807, 2.05) is 36.1 Å². The van der Waals surface area contributed by atoms with Crippen LogP contribution < -0.4 is 11.1 Å². The Hall–Kier alpha value is -1.62. The van der Waals surface area contributed by atoms with Crippen LogP contribution in [0.5, 0.6) is 0 Å². The monoisotopic (exact) mass is 277 g/mol. The highest BCUT2D eigenvalue weighted by atomic mass is 32.1. The van der Waals surface area contributed by atoms with Gasteiger partial charge >= 0.3 is 0 Å². The van der Waals surface area contributed by atoms with Gasteiger partial charge in [0.05, 0.1) is 0 Å². The van der Waals surface area contributed by atoms with Gasteiger partial charge in [-0.15, -0.1) is 0 Å². The van der Waals surface area contributed by atoms with Crippen LogP contribution in [0.25, 0.3) is 0 Å². The summed E-state index contributed by atoms with van der Waals surface area (Å²) >= 11 is 5.40. The van der Waals surface area contributed by atoms with Crippen molar-refractivity contribution in [3.8, 4) is 0 Å². The van der Waals surface area contributed by atoms with E-state index in [1.165, 1.54) is 0 Å². The largest absolute Gasteiger partial charge is 0.368 e. The molecule has 1 heterocycles. The Labute approximate surface area is 119 Å². The van der Waals surface area contributed by atoms with Crippen LogP contribution in [0.1, 0.15) is 24.8 Å². The lowest BCUT2D eigenvalue weighted by atomic mass is 10.0. The predicted molar refractivity (Wildman–Crippen MR) is 80.9 cm³/mol. The molecule has 1 fully saturated rings. The number of amides is 1. The molecular weight excluding hydrogens is 258 g/mol. The number of rotatable bonds is 2. The minimum atomic E-state index is -0.298. The first kappa shape index (κ1) is 13.8. The van der Waals surface area contributed by atoms with Crippen LogP contribution in [0.4, 0.5) is 5.69 Å². The van der Waals surface area contributed by atoms with Gasteiger partial charge in [-0.1, -0.05) is 12.1 Å². The van der Waals surface area contributed by atoms with Crippen LogP contribution in [-0.4, -0.2) is 28.5 Å². The van der Waals surface area contributed by atoms with Crippen molar-refractivity contribution in [3.63, 3.8) is 0 Å². The Kier molecular flexibility index (Phi) is 4.37. The number of anilines is 1. The van der Waals surface area contributed by atoms with Crippen LogP contribution >= 0.6 is 12.2 Å². The summed E-state index contributed by atoms with van der Waals surface area (Å²) in [6.45, 7) is 2.81. The average Bonchev–Trinajstić information content (AvgIpc) is 2.38. The molecule has 0 spiro atoms. The third kappa shape index (κ3) is 3.44. The third-order valence-corrected chi connectivity index (χ3v) is 3.70. The van der Waals surface area contributed by atoms with E-state index in [4.69, 9.17) is 18.0 Å². The second-order valence-corrected chi connectivity index (χ2v) is 5.29. The molecule has 0 unspecified atom stereocenters. The summed E-state index contributed by atoms with van der Waals surface area (Å²) in [4.78, 5) is 13.4. The summed E-state index contributed by atoms with van der Waals surface area (Å²) in [5.74, 6) is -0.298. The normalized spacial score (nSPS) is 19.0. The Morgan fingerprint density at radius 1 is 1.47 bits per heavy atom. The first-order chi connectivity index (χ1) is 9.08. The number of aryl methyl sites for hydroxylation is 1. The SMILES string of the molecule is Cc1cccc(NC(=S)N2CCCC[C@@H]2C(N)=O)c1. The number of hydrogen-bond donors (Lipinski definition) is 2. The molecule has 1 saturated heterocycles. The van der Waals surface area contributed by atoms with Gasteiger partial charge in [-0.2, -0.15) is 0 Å². The zero-order chi connectivity index (χ0) is 13.8. The number of likely N-dealkylation sites (tertiary alicyclic amines) is 1. The van der Waals surface area contributed by atoms with Gasteiger partial charge in [0.1, 0.15) is 6.04 Å². The first-order valence-electron chi connectivity index (χ1n) is 6.51. The van der Waals surface area contributed by atoms with Gasteiger partial charge in [0.2, 0.25) is 5.91 Å². The highest BCUT2D eigenvalue weighted by Gasteiger charge is 2.28. The van der Waals surface area contributed by atoms with Crippen molar-refractivity contribution in [1.29, 1.82) is 0 Å². The minimum Gasteiger partial charge on any atom is -0.368 e. The van der Waals surface area contributed by atoms with Crippen LogP contribution in [0, 0.1) is 6.92 Å². The zero-order valence-corrected chi connectivity index (χ0v) is 11.9. The third-order valence-electron chi connectivity index (χ3n) is 3.36. The number of carbonyl (C=O) groups is 1. The first-order valence-corrected chi connectivity index (χ1v) is 6.92. The molecule has 1 atom stereocenters. The molecule has 0 aromatic heterocycles. The van der Waals surface area contributed by atoms with Crippen LogP contribution in [0.3, 0.4) is 0 Å². The fraction of sp³-hybridized carbons (Fsp3) is 0.429. The molecule has 3 N–H and O–H groups in total. The summed E-state index contributed by atoms with van der Waals surface area (Å²) in [6, 6.07) is 7.71. The van der Waals surface area contributed by atoms with Gasteiger partial charge in [0, 0.05) is 12.2 Å². The zero-order valence-electron chi connectivity index (χ0n) is 11.1. The van der Waals surface area contributed by atoms with Crippen molar-refractivity contribution >= 4 is 28.9 Å². The maximum Gasteiger partial charge on any atom is 0.240 e. The molecule has 1 aromatic rings. The number of nitrogens with two attached hydrogens (primary N) is 1. The number of hydrogen-bond acceptors (Lipinski definition) is 2. The second-order valence-electron chi connectivity index (χ2n) is 4.91. The summed E-state index contributed by atoms with van der Waals surface area (Å²) in [5.41, 5.74) is 7.55. The number of nitrogens with one attached hydrogen (secondary N) is 1. The van der Waals surface area contributed by atoms with E-state index in [2.05, 4.69) is 5.32 Å². The van der Waals surface area contributed by atoms with Crippen LogP contribution in [-0.2, 0) is 4.79 Å². The Morgan fingerprint density at radius 2 is 2.26 bits per heavy atom. The second kappa shape index (κ2) is 6.02. The van der Waals surface area contributed by atoms with E-state index in [9.17, 15) is 4.79 Å². The standard InChI is InChI=1S/C14H19N3OS/c1-10-5-4-6-11(9-10)16-14(19)17-8-3-2-7-12(17)13(15)18/h4-6,9,12H,2-3,7-8H2,1H3,(H2,15,18)(H,16,19)/t12-/m1/s1. The maximum atomic E-state index is 11.5. The number of benzene rings is 1. The van der Waals surface area contributed by atoms with Crippen molar-refractivity contribution in [2.75, 3.05) is 11.9 Å². The topological polar surface area (TPSA) is 58.4 Å². The molecule has 102 valence electrons. The molecule has 1 aliphatic heterocycles. The van der Waals surface area contributed by atoms with Gasteiger partial charge < -0.3 is 16.0 Å². The van der Waals surface area contributed by atoms with Crippen molar-refractivity contribution in [3.05, 3.63) is 29.8 Å². The number of piperidine rings is 1. The van der Waals surface area contributed by atoms with E-state index in [0.717, 1.165) is 37.1 Å². The number of nitrogens with zero attached hydrogens (tertiary/aromatic N) is 1. The summed E-state index contributed by atoms with van der Waals surface area (Å²) in [5, 5.41) is 3.76. The van der Waals surface area contributed by atoms with Gasteiger partial charge in [-0.3, -0.25) is 4.79 Å². The molecule has 0 bridgehead atoms. The van der Waals surface area contributed by atoms with Gasteiger partial charge in [-0.25, -0.2) is 0 Å². The number of thiocarbonyl (C=S) groups is 1. The Bertz CT molecular complexity index is 489. The molecule has 4 nitrogen and oxygen atoms in total. The fourth-order valence-corrected chi connectivity index (χ4v) is 2.72. The van der Waals surface area contributed by atoms with Crippen LogP contribution in [0.15, 0.2) is 24.3 Å². The average molecular weight is 277 g/mol. The predicted octanol–water partition coefficient (Wildman–Crippen LogP) is 2.03.